The highest BCUT2D eigenvalue weighted by Gasteiger charge is 2.28. The third kappa shape index (κ3) is 2.97. The van der Waals surface area contributed by atoms with Gasteiger partial charge in [-0.05, 0) is 24.5 Å². The number of benzene rings is 1. The highest BCUT2D eigenvalue weighted by Crippen LogP contribution is 2.27. The fraction of sp³-hybridized carbons (Fsp3) is 0.375. The topological polar surface area (TPSA) is 75.0 Å². The SMILES string of the molecule is NC(C(=O)N1CCC(c2ccn[nH]2)CC1)c1ccccc1. The highest BCUT2D eigenvalue weighted by molar-refractivity contribution is 5.83. The fourth-order valence-electron chi connectivity index (χ4n) is 2.90. The van der Waals surface area contributed by atoms with Gasteiger partial charge < -0.3 is 10.6 Å². The van der Waals surface area contributed by atoms with Gasteiger partial charge in [-0.1, -0.05) is 30.3 Å². The predicted octanol–water partition coefficient (Wildman–Crippen LogP) is 1.82. The molecule has 1 aliphatic heterocycles. The van der Waals surface area contributed by atoms with Crippen molar-refractivity contribution in [3.05, 3.63) is 53.9 Å². The number of hydrogen-bond acceptors (Lipinski definition) is 3. The van der Waals surface area contributed by atoms with E-state index in [2.05, 4.69) is 10.2 Å². The van der Waals surface area contributed by atoms with Gasteiger partial charge in [0.15, 0.2) is 0 Å². The summed E-state index contributed by atoms with van der Waals surface area (Å²) in [7, 11) is 0. The number of nitrogens with zero attached hydrogens (tertiary/aromatic N) is 2. The van der Waals surface area contributed by atoms with Crippen LogP contribution in [0.3, 0.4) is 0 Å². The van der Waals surface area contributed by atoms with Crippen LogP contribution in [0.15, 0.2) is 42.6 Å². The number of piperidine rings is 1. The normalized spacial score (nSPS) is 17.7. The van der Waals surface area contributed by atoms with Crippen molar-refractivity contribution in [2.24, 2.45) is 5.73 Å². The zero-order chi connectivity index (χ0) is 14.7. The van der Waals surface area contributed by atoms with E-state index in [9.17, 15) is 4.79 Å². The minimum atomic E-state index is -0.560. The van der Waals surface area contributed by atoms with E-state index in [1.807, 2.05) is 41.3 Å². The Kier molecular flexibility index (Phi) is 4.01. The van der Waals surface area contributed by atoms with Gasteiger partial charge in [-0.25, -0.2) is 0 Å². The Labute approximate surface area is 124 Å². The van der Waals surface area contributed by atoms with Crippen molar-refractivity contribution < 1.29 is 4.79 Å². The molecule has 1 atom stereocenters. The smallest absolute Gasteiger partial charge is 0.244 e. The summed E-state index contributed by atoms with van der Waals surface area (Å²) < 4.78 is 0. The van der Waals surface area contributed by atoms with Crippen LogP contribution in [0.25, 0.3) is 0 Å². The van der Waals surface area contributed by atoms with Crippen LogP contribution in [0.4, 0.5) is 0 Å². The quantitative estimate of drug-likeness (QED) is 0.902. The fourth-order valence-corrected chi connectivity index (χ4v) is 2.90. The van der Waals surface area contributed by atoms with Crippen molar-refractivity contribution in [2.45, 2.75) is 24.8 Å². The molecule has 1 aromatic carbocycles. The van der Waals surface area contributed by atoms with Gasteiger partial charge >= 0.3 is 0 Å². The summed E-state index contributed by atoms with van der Waals surface area (Å²) in [6, 6.07) is 11.0. The Morgan fingerprint density at radius 3 is 2.57 bits per heavy atom. The number of carbonyl (C=O) groups excluding carboxylic acids is 1. The summed E-state index contributed by atoms with van der Waals surface area (Å²) in [4.78, 5) is 14.4. The van der Waals surface area contributed by atoms with Crippen LogP contribution < -0.4 is 5.73 Å². The Morgan fingerprint density at radius 2 is 1.95 bits per heavy atom. The molecule has 0 saturated carbocycles. The van der Waals surface area contributed by atoms with Gasteiger partial charge in [0.05, 0.1) is 0 Å². The first kappa shape index (κ1) is 13.8. The third-order valence-corrected chi connectivity index (χ3v) is 4.19. The number of carbonyl (C=O) groups is 1. The first-order chi connectivity index (χ1) is 10.3. The standard InChI is InChI=1S/C16H20N4O/c17-15(13-4-2-1-3-5-13)16(21)20-10-7-12(8-11-20)14-6-9-18-19-14/h1-6,9,12,15H,7-8,10-11,17H2,(H,18,19). The number of amides is 1. The maximum Gasteiger partial charge on any atom is 0.244 e. The van der Waals surface area contributed by atoms with E-state index in [-0.39, 0.29) is 5.91 Å². The summed E-state index contributed by atoms with van der Waals surface area (Å²) in [5.74, 6) is 0.480. The molecule has 5 heteroatoms. The number of nitrogens with two attached hydrogens (primary N) is 1. The van der Waals surface area contributed by atoms with Crippen LogP contribution in [-0.4, -0.2) is 34.1 Å². The van der Waals surface area contributed by atoms with E-state index < -0.39 is 6.04 Å². The number of aromatic nitrogens is 2. The second-order valence-electron chi connectivity index (χ2n) is 5.50. The molecule has 0 radical (unpaired) electrons. The summed E-state index contributed by atoms with van der Waals surface area (Å²) in [6.45, 7) is 1.51. The molecule has 1 aromatic heterocycles. The van der Waals surface area contributed by atoms with Crippen molar-refractivity contribution in [3.8, 4) is 0 Å². The molecule has 5 nitrogen and oxygen atoms in total. The summed E-state index contributed by atoms with van der Waals surface area (Å²) >= 11 is 0. The average Bonchev–Trinajstić information content (AvgIpc) is 3.09. The molecule has 21 heavy (non-hydrogen) atoms. The number of aromatic amines is 1. The average molecular weight is 284 g/mol. The molecule has 1 unspecified atom stereocenters. The molecule has 1 saturated heterocycles. The first-order valence-electron chi connectivity index (χ1n) is 7.34. The molecule has 0 bridgehead atoms. The van der Waals surface area contributed by atoms with Crippen molar-refractivity contribution in [1.82, 2.24) is 15.1 Å². The second-order valence-corrected chi connectivity index (χ2v) is 5.50. The molecule has 0 spiro atoms. The van der Waals surface area contributed by atoms with Gasteiger partial charge in [0.1, 0.15) is 6.04 Å². The van der Waals surface area contributed by atoms with Gasteiger partial charge in [-0.2, -0.15) is 5.10 Å². The van der Waals surface area contributed by atoms with Crippen LogP contribution in [0.1, 0.15) is 36.1 Å². The maximum absolute atomic E-state index is 12.5. The highest BCUT2D eigenvalue weighted by atomic mass is 16.2. The summed E-state index contributed by atoms with van der Waals surface area (Å²) in [6.07, 6.45) is 3.68. The van der Waals surface area contributed by atoms with Gasteiger partial charge in [-0.3, -0.25) is 9.89 Å². The predicted molar refractivity (Wildman–Crippen MR) is 80.5 cm³/mol. The van der Waals surface area contributed by atoms with E-state index in [1.54, 1.807) is 6.20 Å². The monoisotopic (exact) mass is 284 g/mol. The lowest BCUT2D eigenvalue weighted by Gasteiger charge is -2.33. The van der Waals surface area contributed by atoms with Crippen molar-refractivity contribution in [2.75, 3.05) is 13.1 Å². The third-order valence-electron chi connectivity index (χ3n) is 4.19. The number of hydrogen-bond donors (Lipinski definition) is 2. The van der Waals surface area contributed by atoms with Crippen LogP contribution in [-0.2, 0) is 4.79 Å². The molecule has 3 N–H and O–H groups in total. The number of likely N-dealkylation sites (tertiary alicyclic amines) is 1. The number of rotatable bonds is 3. The largest absolute Gasteiger partial charge is 0.341 e. The molecule has 110 valence electrons. The molecule has 3 rings (SSSR count). The summed E-state index contributed by atoms with van der Waals surface area (Å²) in [5.41, 5.74) is 8.13. The Morgan fingerprint density at radius 1 is 1.24 bits per heavy atom. The number of nitrogens with one attached hydrogen (secondary N) is 1. The Hall–Kier alpha value is -2.14. The van der Waals surface area contributed by atoms with E-state index >= 15 is 0 Å². The molecular formula is C16H20N4O. The minimum absolute atomic E-state index is 0.0178. The van der Waals surface area contributed by atoms with Gasteiger partial charge in [0.2, 0.25) is 5.91 Å². The van der Waals surface area contributed by atoms with E-state index in [0.717, 1.165) is 37.2 Å². The van der Waals surface area contributed by atoms with Crippen LogP contribution >= 0.6 is 0 Å². The molecule has 2 heterocycles. The molecule has 1 fully saturated rings. The second kappa shape index (κ2) is 6.10. The lowest BCUT2D eigenvalue weighted by Crippen LogP contribution is -2.43. The van der Waals surface area contributed by atoms with Crippen molar-refractivity contribution in [3.63, 3.8) is 0 Å². The van der Waals surface area contributed by atoms with E-state index in [1.165, 1.54) is 0 Å². The zero-order valence-electron chi connectivity index (χ0n) is 11.9. The molecule has 1 amide bonds. The van der Waals surface area contributed by atoms with E-state index in [4.69, 9.17) is 5.73 Å². The van der Waals surface area contributed by atoms with Crippen molar-refractivity contribution >= 4 is 5.91 Å². The number of H-pyrrole nitrogens is 1. The van der Waals surface area contributed by atoms with Gasteiger partial charge in [-0.15, -0.1) is 0 Å². The first-order valence-corrected chi connectivity index (χ1v) is 7.34. The molecule has 2 aromatic rings. The van der Waals surface area contributed by atoms with E-state index in [0.29, 0.717) is 5.92 Å². The van der Waals surface area contributed by atoms with Crippen LogP contribution in [0, 0.1) is 0 Å². The lowest BCUT2D eigenvalue weighted by atomic mass is 9.93. The zero-order valence-corrected chi connectivity index (χ0v) is 11.9. The molecular weight excluding hydrogens is 264 g/mol. The lowest BCUT2D eigenvalue weighted by molar-refractivity contribution is -0.133. The van der Waals surface area contributed by atoms with Gasteiger partial charge in [0, 0.05) is 30.9 Å². The van der Waals surface area contributed by atoms with Crippen molar-refractivity contribution in [1.29, 1.82) is 0 Å². The Balaban J connectivity index is 1.60. The van der Waals surface area contributed by atoms with Crippen LogP contribution in [0.2, 0.25) is 0 Å². The Bertz CT molecular complexity index is 574. The summed E-state index contributed by atoms with van der Waals surface area (Å²) in [5, 5.41) is 7.02. The van der Waals surface area contributed by atoms with Crippen LogP contribution in [0.5, 0.6) is 0 Å². The molecule has 0 aliphatic carbocycles. The molecule has 1 aliphatic rings. The maximum atomic E-state index is 12.5. The van der Waals surface area contributed by atoms with Gasteiger partial charge in [0.25, 0.3) is 0 Å². The minimum Gasteiger partial charge on any atom is -0.341 e.